The first kappa shape index (κ1) is 12.1. The van der Waals surface area contributed by atoms with E-state index in [1.54, 1.807) is 7.11 Å². The third kappa shape index (κ3) is 2.34. The molecular formula is C14H19NO2. The van der Waals surface area contributed by atoms with E-state index in [4.69, 9.17) is 4.74 Å². The molecule has 1 aliphatic rings. The maximum absolute atomic E-state index is 11.8. The largest absolute Gasteiger partial charge is 0.497 e. The fourth-order valence-electron chi connectivity index (χ4n) is 2.27. The zero-order valence-corrected chi connectivity index (χ0v) is 10.7. The number of benzene rings is 1. The number of ketones is 1. The fraction of sp³-hybridized carbons (Fsp3) is 0.500. The second kappa shape index (κ2) is 4.49. The molecule has 0 N–H and O–H groups in total. The van der Waals surface area contributed by atoms with Crippen LogP contribution in [0.4, 0.5) is 0 Å². The Morgan fingerprint density at radius 2 is 2.18 bits per heavy atom. The van der Waals surface area contributed by atoms with Gasteiger partial charge in [-0.3, -0.25) is 9.69 Å². The Hall–Kier alpha value is -1.35. The Morgan fingerprint density at radius 3 is 2.76 bits per heavy atom. The molecule has 3 nitrogen and oxygen atoms in total. The van der Waals surface area contributed by atoms with Crippen molar-refractivity contribution in [3.63, 3.8) is 0 Å². The maximum Gasteiger partial charge on any atom is 0.153 e. The van der Waals surface area contributed by atoms with Crippen LogP contribution in [0.1, 0.15) is 25.8 Å². The summed E-state index contributed by atoms with van der Waals surface area (Å²) >= 11 is 0. The number of carbonyl (C=O) groups excluding carboxylic acids is 1. The molecule has 0 bridgehead atoms. The van der Waals surface area contributed by atoms with Gasteiger partial charge in [0.2, 0.25) is 0 Å². The normalized spacial score (nSPS) is 19.6. The Labute approximate surface area is 102 Å². The van der Waals surface area contributed by atoms with Crippen LogP contribution in [0.25, 0.3) is 0 Å². The molecule has 0 saturated carbocycles. The van der Waals surface area contributed by atoms with Crippen molar-refractivity contribution in [2.75, 3.05) is 13.7 Å². The molecular weight excluding hydrogens is 214 g/mol. The van der Waals surface area contributed by atoms with Crippen LogP contribution in [-0.4, -0.2) is 29.9 Å². The first-order valence-corrected chi connectivity index (χ1v) is 5.95. The van der Waals surface area contributed by atoms with E-state index >= 15 is 0 Å². The van der Waals surface area contributed by atoms with Gasteiger partial charge < -0.3 is 4.74 Å². The van der Waals surface area contributed by atoms with Gasteiger partial charge in [-0.2, -0.15) is 0 Å². The molecule has 1 heterocycles. The number of methoxy groups -OCH3 is 1. The number of nitrogens with zero attached hydrogens (tertiary/aromatic N) is 1. The lowest BCUT2D eigenvalue weighted by atomic mass is 10.00. The summed E-state index contributed by atoms with van der Waals surface area (Å²) in [6.07, 6.45) is 0.664. The molecule has 0 unspecified atom stereocenters. The molecule has 0 aliphatic carbocycles. The lowest BCUT2D eigenvalue weighted by Crippen LogP contribution is -2.42. The van der Waals surface area contributed by atoms with Crippen molar-refractivity contribution in [1.29, 1.82) is 0 Å². The molecule has 3 heteroatoms. The molecule has 92 valence electrons. The van der Waals surface area contributed by atoms with Gasteiger partial charge in [0.05, 0.1) is 12.6 Å². The summed E-state index contributed by atoms with van der Waals surface area (Å²) in [6.45, 7) is 5.66. The van der Waals surface area contributed by atoms with Crippen molar-refractivity contribution in [3.8, 4) is 5.75 Å². The number of hydrogen-bond acceptors (Lipinski definition) is 3. The molecule has 1 saturated heterocycles. The van der Waals surface area contributed by atoms with E-state index in [0.29, 0.717) is 12.2 Å². The third-order valence-corrected chi connectivity index (χ3v) is 3.59. The van der Waals surface area contributed by atoms with Gasteiger partial charge in [0, 0.05) is 19.5 Å². The maximum atomic E-state index is 11.8. The number of carbonyl (C=O) groups is 1. The van der Waals surface area contributed by atoms with Crippen molar-refractivity contribution in [1.82, 2.24) is 4.90 Å². The van der Waals surface area contributed by atoms with Crippen LogP contribution < -0.4 is 4.74 Å². The van der Waals surface area contributed by atoms with E-state index in [1.165, 1.54) is 5.56 Å². The monoisotopic (exact) mass is 233 g/mol. The first-order chi connectivity index (χ1) is 8.04. The quantitative estimate of drug-likeness (QED) is 0.802. The average Bonchev–Trinajstić information content (AvgIpc) is 2.56. The van der Waals surface area contributed by atoms with Crippen molar-refractivity contribution < 1.29 is 9.53 Å². The Morgan fingerprint density at radius 1 is 1.41 bits per heavy atom. The van der Waals surface area contributed by atoms with Gasteiger partial charge >= 0.3 is 0 Å². The summed E-state index contributed by atoms with van der Waals surface area (Å²) in [5.41, 5.74) is 0.857. The van der Waals surface area contributed by atoms with Gasteiger partial charge in [-0.05, 0) is 31.5 Å². The summed E-state index contributed by atoms with van der Waals surface area (Å²) in [5.74, 6) is 1.20. The SMILES string of the molecule is COc1cccc(CN2CCC(=O)C2(C)C)c1. The number of likely N-dealkylation sites (tertiary alicyclic amines) is 1. The van der Waals surface area contributed by atoms with E-state index in [0.717, 1.165) is 18.8 Å². The van der Waals surface area contributed by atoms with Crippen molar-refractivity contribution in [2.45, 2.75) is 32.4 Å². The van der Waals surface area contributed by atoms with E-state index in [2.05, 4.69) is 11.0 Å². The van der Waals surface area contributed by atoms with Gasteiger partial charge in [-0.1, -0.05) is 12.1 Å². The molecule has 1 aromatic rings. The van der Waals surface area contributed by atoms with Crippen LogP contribution in [0.5, 0.6) is 5.75 Å². The summed E-state index contributed by atoms with van der Waals surface area (Å²) < 4.78 is 5.21. The predicted molar refractivity (Wildman–Crippen MR) is 67.1 cm³/mol. The highest BCUT2D eigenvalue weighted by atomic mass is 16.5. The van der Waals surface area contributed by atoms with Crippen molar-refractivity contribution in [2.24, 2.45) is 0 Å². The topological polar surface area (TPSA) is 29.5 Å². The predicted octanol–water partition coefficient (Wildman–Crippen LogP) is 2.25. The molecule has 0 atom stereocenters. The number of ether oxygens (including phenoxy) is 1. The molecule has 0 spiro atoms. The number of rotatable bonds is 3. The fourth-order valence-corrected chi connectivity index (χ4v) is 2.27. The lowest BCUT2D eigenvalue weighted by Gasteiger charge is -2.29. The third-order valence-electron chi connectivity index (χ3n) is 3.59. The Bertz CT molecular complexity index is 426. The van der Waals surface area contributed by atoms with Gasteiger partial charge in [0.15, 0.2) is 5.78 Å². The minimum absolute atomic E-state index is 0.330. The van der Waals surface area contributed by atoms with Crippen molar-refractivity contribution in [3.05, 3.63) is 29.8 Å². The highest BCUT2D eigenvalue weighted by Gasteiger charge is 2.39. The zero-order chi connectivity index (χ0) is 12.5. The summed E-state index contributed by atoms with van der Waals surface area (Å²) in [5, 5.41) is 0. The second-order valence-electron chi connectivity index (χ2n) is 5.01. The van der Waals surface area contributed by atoms with Gasteiger partial charge in [0.1, 0.15) is 5.75 Å². The van der Waals surface area contributed by atoms with Crippen LogP contribution in [0, 0.1) is 0 Å². The van der Waals surface area contributed by atoms with Gasteiger partial charge in [-0.25, -0.2) is 0 Å². The summed E-state index contributed by atoms with van der Waals surface area (Å²) in [7, 11) is 1.67. The van der Waals surface area contributed by atoms with Crippen molar-refractivity contribution >= 4 is 5.78 Å². The van der Waals surface area contributed by atoms with Crippen LogP contribution in [-0.2, 0) is 11.3 Å². The summed E-state index contributed by atoms with van der Waals surface area (Å²) in [6, 6.07) is 8.02. The lowest BCUT2D eigenvalue weighted by molar-refractivity contribution is -0.123. The Balaban J connectivity index is 2.13. The molecule has 1 aliphatic heterocycles. The van der Waals surface area contributed by atoms with Crippen LogP contribution in [0.15, 0.2) is 24.3 Å². The van der Waals surface area contributed by atoms with E-state index < -0.39 is 0 Å². The molecule has 1 aromatic carbocycles. The molecule has 0 radical (unpaired) electrons. The molecule has 2 rings (SSSR count). The van der Waals surface area contributed by atoms with E-state index in [9.17, 15) is 4.79 Å². The molecule has 17 heavy (non-hydrogen) atoms. The van der Waals surface area contributed by atoms with Gasteiger partial charge in [0.25, 0.3) is 0 Å². The van der Waals surface area contributed by atoms with E-state index in [-0.39, 0.29) is 5.54 Å². The molecule has 0 aromatic heterocycles. The smallest absolute Gasteiger partial charge is 0.153 e. The standard InChI is InChI=1S/C14H19NO2/c1-14(2)13(16)7-8-15(14)10-11-5-4-6-12(9-11)17-3/h4-6,9H,7-8,10H2,1-3H3. The minimum Gasteiger partial charge on any atom is -0.497 e. The molecule has 0 amide bonds. The first-order valence-electron chi connectivity index (χ1n) is 5.95. The van der Waals surface area contributed by atoms with Crippen LogP contribution in [0.2, 0.25) is 0 Å². The van der Waals surface area contributed by atoms with Crippen LogP contribution in [0.3, 0.4) is 0 Å². The highest BCUT2D eigenvalue weighted by molar-refractivity contribution is 5.89. The molecule has 1 fully saturated rings. The number of Topliss-reactive ketones (excluding diaryl/α,β-unsaturated/α-hetero) is 1. The zero-order valence-electron chi connectivity index (χ0n) is 10.7. The second-order valence-corrected chi connectivity index (χ2v) is 5.01. The van der Waals surface area contributed by atoms with Gasteiger partial charge in [-0.15, -0.1) is 0 Å². The summed E-state index contributed by atoms with van der Waals surface area (Å²) in [4.78, 5) is 14.0. The number of hydrogen-bond donors (Lipinski definition) is 0. The highest BCUT2D eigenvalue weighted by Crippen LogP contribution is 2.27. The van der Waals surface area contributed by atoms with Crippen LogP contribution >= 0.6 is 0 Å². The minimum atomic E-state index is -0.330. The Kier molecular flexibility index (Phi) is 3.20. The average molecular weight is 233 g/mol. The van der Waals surface area contributed by atoms with E-state index in [1.807, 2.05) is 32.0 Å².